The van der Waals surface area contributed by atoms with E-state index in [2.05, 4.69) is 10.9 Å². The molecule has 0 atom stereocenters. The first-order valence-electron chi connectivity index (χ1n) is 6.71. The molecule has 0 aliphatic heterocycles. The molecule has 0 spiro atoms. The third-order valence-electron chi connectivity index (χ3n) is 3.09. The summed E-state index contributed by atoms with van der Waals surface area (Å²) in [6.07, 6.45) is 0. The van der Waals surface area contributed by atoms with Gasteiger partial charge in [0.15, 0.2) is 0 Å². The molecule has 7 heteroatoms. The molecule has 23 heavy (non-hydrogen) atoms. The molecular weight excluding hydrogens is 321 g/mol. The number of hydrogen-bond donors (Lipinski definition) is 2. The van der Waals surface area contributed by atoms with Crippen molar-refractivity contribution in [3.63, 3.8) is 0 Å². The van der Waals surface area contributed by atoms with Gasteiger partial charge in [-0.2, -0.15) is 0 Å². The summed E-state index contributed by atoms with van der Waals surface area (Å²) in [6.45, 7) is 0. The zero-order valence-electron chi connectivity index (χ0n) is 12.6. The van der Waals surface area contributed by atoms with Crippen molar-refractivity contribution < 1.29 is 14.0 Å². The number of nitrogens with one attached hydrogen (secondary N) is 2. The van der Waals surface area contributed by atoms with Gasteiger partial charge in [0.1, 0.15) is 5.82 Å². The highest BCUT2D eigenvalue weighted by Gasteiger charge is 2.13. The zero-order valence-corrected chi connectivity index (χ0v) is 13.3. The van der Waals surface area contributed by atoms with Crippen molar-refractivity contribution in [1.29, 1.82) is 0 Å². The van der Waals surface area contributed by atoms with E-state index in [1.165, 1.54) is 6.07 Å². The van der Waals surface area contributed by atoms with Gasteiger partial charge >= 0.3 is 0 Å². The standard InChI is InChI=1S/C16H15ClFN3O2/c1-21(2)12-5-3-4-10(8-12)15(22)19-20-16(23)13-7-6-11(18)9-14(13)17/h3-9H,1-2H3,(H,19,22)(H,20,23). The number of halogens is 2. The minimum absolute atomic E-state index is 0.0358. The summed E-state index contributed by atoms with van der Waals surface area (Å²) >= 11 is 5.79. The van der Waals surface area contributed by atoms with Gasteiger partial charge in [0.2, 0.25) is 0 Å². The lowest BCUT2D eigenvalue weighted by Gasteiger charge is -2.14. The number of hydrogen-bond acceptors (Lipinski definition) is 3. The predicted molar refractivity (Wildman–Crippen MR) is 87.1 cm³/mol. The summed E-state index contributed by atoms with van der Waals surface area (Å²) in [4.78, 5) is 25.9. The Labute approximate surface area is 138 Å². The summed E-state index contributed by atoms with van der Waals surface area (Å²) in [5.41, 5.74) is 5.85. The maximum atomic E-state index is 13.0. The van der Waals surface area contributed by atoms with Crippen LogP contribution in [0.15, 0.2) is 42.5 Å². The summed E-state index contributed by atoms with van der Waals surface area (Å²) in [6, 6.07) is 10.3. The first-order valence-corrected chi connectivity index (χ1v) is 7.09. The number of anilines is 1. The Balaban J connectivity index is 2.04. The van der Waals surface area contributed by atoms with Crippen LogP contribution in [-0.4, -0.2) is 25.9 Å². The molecule has 0 bridgehead atoms. The molecule has 0 aromatic heterocycles. The summed E-state index contributed by atoms with van der Waals surface area (Å²) < 4.78 is 13.0. The molecule has 2 amide bonds. The van der Waals surface area contributed by atoms with Crippen LogP contribution in [0.5, 0.6) is 0 Å². The van der Waals surface area contributed by atoms with Gasteiger partial charge in [-0.25, -0.2) is 4.39 Å². The number of carbonyl (C=O) groups excluding carboxylic acids is 2. The quantitative estimate of drug-likeness (QED) is 0.848. The van der Waals surface area contributed by atoms with E-state index in [-0.39, 0.29) is 10.6 Å². The molecule has 5 nitrogen and oxygen atoms in total. The fourth-order valence-electron chi connectivity index (χ4n) is 1.85. The van der Waals surface area contributed by atoms with Crippen molar-refractivity contribution >= 4 is 29.1 Å². The van der Waals surface area contributed by atoms with Crippen LogP contribution in [0.1, 0.15) is 20.7 Å². The van der Waals surface area contributed by atoms with Crippen molar-refractivity contribution in [1.82, 2.24) is 10.9 Å². The Morgan fingerprint density at radius 1 is 1.04 bits per heavy atom. The Morgan fingerprint density at radius 2 is 1.74 bits per heavy atom. The van der Waals surface area contributed by atoms with E-state index in [0.29, 0.717) is 5.56 Å². The lowest BCUT2D eigenvalue weighted by molar-refractivity contribution is 0.0846. The molecule has 120 valence electrons. The van der Waals surface area contributed by atoms with Crippen LogP contribution >= 0.6 is 11.6 Å². The third kappa shape index (κ3) is 4.20. The fraction of sp³-hybridized carbons (Fsp3) is 0.125. The van der Waals surface area contributed by atoms with Gasteiger partial charge in [-0.05, 0) is 36.4 Å². The number of rotatable bonds is 3. The molecule has 0 fully saturated rings. The van der Waals surface area contributed by atoms with E-state index in [1.807, 2.05) is 25.1 Å². The van der Waals surface area contributed by atoms with Crippen molar-refractivity contribution in [3.05, 3.63) is 64.4 Å². The minimum Gasteiger partial charge on any atom is -0.378 e. The Hall–Kier alpha value is -2.60. The molecule has 0 heterocycles. The Kier molecular flexibility index (Phi) is 5.18. The topological polar surface area (TPSA) is 61.4 Å². The molecular formula is C16H15ClFN3O2. The van der Waals surface area contributed by atoms with Crippen LogP contribution in [-0.2, 0) is 0 Å². The summed E-state index contributed by atoms with van der Waals surface area (Å²) in [5, 5.41) is -0.0358. The number of hydrazine groups is 1. The largest absolute Gasteiger partial charge is 0.378 e. The second kappa shape index (κ2) is 7.11. The van der Waals surface area contributed by atoms with Crippen LogP contribution in [0.3, 0.4) is 0 Å². The predicted octanol–water partition coefficient (Wildman–Crippen LogP) is 2.62. The Bertz CT molecular complexity index is 750. The van der Waals surface area contributed by atoms with Crippen LogP contribution in [0, 0.1) is 5.82 Å². The third-order valence-corrected chi connectivity index (χ3v) is 3.40. The van der Waals surface area contributed by atoms with E-state index in [1.54, 1.807) is 18.2 Å². The van der Waals surface area contributed by atoms with Crippen LogP contribution in [0.2, 0.25) is 5.02 Å². The molecule has 2 rings (SSSR count). The highest BCUT2D eigenvalue weighted by Crippen LogP contribution is 2.17. The van der Waals surface area contributed by atoms with Crippen LogP contribution < -0.4 is 15.8 Å². The van der Waals surface area contributed by atoms with Crippen LogP contribution in [0.25, 0.3) is 0 Å². The molecule has 0 saturated carbocycles. The van der Waals surface area contributed by atoms with Gasteiger partial charge in [-0.3, -0.25) is 20.4 Å². The number of carbonyl (C=O) groups is 2. The van der Waals surface area contributed by atoms with Crippen molar-refractivity contribution in [2.24, 2.45) is 0 Å². The second-order valence-corrected chi connectivity index (χ2v) is 5.38. The van der Waals surface area contributed by atoms with Gasteiger partial charge in [0.25, 0.3) is 11.8 Å². The molecule has 0 unspecified atom stereocenters. The van der Waals surface area contributed by atoms with Crippen molar-refractivity contribution in [2.45, 2.75) is 0 Å². The average molecular weight is 336 g/mol. The zero-order chi connectivity index (χ0) is 17.0. The summed E-state index contributed by atoms with van der Waals surface area (Å²) in [5.74, 6) is -1.65. The van der Waals surface area contributed by atoms with Crippen molar-refractivity contribution in [3.8, 4) is 0 Å². The van der Waals surface area contributed by atoms with E-state index in [9.17, 15) is 14.0 Å². The van der Waals surface area contributed by atoms with E-state index >= 15 is 0 Å². The molecule has 0 aliphatic carbocycles. The lowest BCUT2D eigenvalue weighted by atomic mass is 10.2. The number of benzene rings is 2. The monoisotopic (exact) mass is 335 g/mol. The molecule has 0 saturated heterocycles. The smallest absolute Gasteiger partial charge is 0.271 e. The molecule has 0 radical (unpaired) electrons. The maximum absolute atomic E-state index is 13.0. The van der Waals surface area contributed by atoms with Crippen LogP contribution in [0.4, 0.5) is 10.1 Å². The first kappa shape index (κ1) is 16.8. The fourth-order valence-corrected chi connectivity index (χ4v) is 2.11. The van der Waals surface area contributed by atoms with Gasteiger partial charge in [0.05, 0.1) is 10.6 Å². The van der Waals surface area contributed by atoms with Gasteiger partial charge in [-0.15, -0.1) is 0 Å². The summed E-state index contributed by atoms with van der Waals surface area (Å²) in [7, 11) is 3.71. The molecule has 2 aromatic rings. The maximum Gasteiger partial charge on any atom is 0.271 e. The van der Waals surface area contributed by atoms with E-state index in [4.69, 9.17) is 11.6 Å². The Morgan fingerprint density at radius 3 is 2.39 bits per heavy atom. The van der Waals surface area contributed by atoms with Gasteiger partial charge < -0.3 is 4.90 Å². The average Bonchev–Trinajstić information content (AvgIpc) is 2.52. The van der Waals surface area contributed by atoms with E-state index < -0.39 is 17.6 Å². The SMILES string of the molecule is CN(C)c1cccc(C(=O)NNC(=O)c2ccc(F)cc2Cl)c1. The minimum atomic E-state index is -0.632. The molecule has 2 N–H and O–H groups in total. The lowest BCUT2D eigenvalue weighted by Crippen LogP contribution is -2.41. The normalized spacial score (nSPS) is 10.1. The second-order valence-electron chi connectivity index (χ2n) is 4.98. The number of nitrogens with zero attached hydrogens (tertiary/aromatic N) is 1. The van der Waals surface area contributed by atoms with Gasteiger partial charge in [-0.1, -0.05) is 17.7 Å². The highest BCUT2D eigenvalue weighted by atomic mass is 35.5. The van der Waals surface area contributed by atoms with E-state index in [0.717, 1.165) is 17.8 Å². The first-order chi connectivity index (χ1) is 10.9. The molecule has 2 aromatic carbocycles. The molecule has 0 aliphatic rings. The highest BCUT2D eigenvalue weighted by molar-refractivity contribution is 6.33. The van der Waals surface area contributed by atoms with Gasteiger partial charge in [0, 0.05) is 25.3 Å². The number of amides is 2. The van der Waals surface area contributed by atoms with Crippen molar-refractivity contribution in [2.75, 3.05) is 19.0 Å².